The zero-order chi connectivity index (χ0) is 23.4. The zero-order valence-electron chi connectivity index (χ0n) is 20.0. The Kier molecular flexibility index (Phi) is 5.32. The number of pyridine rings is 1. The summed E-state index contributed by atoms with van der Waals surface area (Å²) in [6.45, 7) is 9.32. The number of rotatable bonds is 4. The summed E-state index contributed by atoms with van der Waals surface area (Å²) in [6, 6.07) is 11.1. The molecule has 1 aromatic carbocycles. The van der Waals surface area contributed by atoms with Gasteiger partial charge in [0.05, 0.1) is 5.02 Å². The average molecular weight is 478 g/mol. The second-order valence-electron chi connectivity index (χ2n) is 10.6. The molecule has 0 amide bonds. The van der Waals surface area contributed by atoms with Gasteiger partial charge in [-0.2, -0.15) is 0 Å². The molecule has 8 heteroatoms. The van der Waals surface area contributed by atoms with Crippen LogP contribution in [0, 0.1) is 0 Å². The summed E-state index contributed by atoms with van der Waals surface area (Å²) in [5, 5.41) is 15.9. The molecule has 1 atom stereocenters. The van der Waals surface area contributed by atoms with Gasteiger partial charge < -0.3 is 16.0 Å². The Morgan fingerprint density at radius 3 is 2.76 bits per heavy atom. The first kappa shape index (κ1) is 21.9. The lowest BCUT2D eigenvalue weighted by atomic mass is 9.92. The highest BCUT2D eigenvalue weighted by molar-refractivity contribution is 6.33. The van der Waals surface area contributed by atoms with E-state index in [2.05, 4.69) is 64.9 Å². The summed E-state index contributed by atoms with van der Waals surface area (Å²) < 4.78 is 0. The third-order valence-corrected chi connectivity index (χ3v) is 7.21. The molecule has 34 heavy (non-hydrogen) atoms. The smallest absolute Gasteiger partial charge is 0.195 e. The van der Waals surface area contributed by atoms with Gasteiger partial charge in [0.2, 0.25) is 0 Å². The van der Waals surface area contributed by atoms with E-state index in [1.807, 2.05) is 18.3 Å². The maximum Gasteiger partial charge on any atom is 0.195 e. The highest BCUT2D eigenvalue weighted by atomic mass is 35.5. The van der Waals surface area contributed by atoms with Crippen LogP contribution in [0.25, 0.3) is 0 Å². The van der Waals surface area contributed by atoms with Crippen LogP contribution in [-0.2, 0) is 18.4 Å². The first-order valence-electron chi connectivity index (χ1n) is 12.2. The van der Waals surface area contributed by atoms with Gasteiger partial charge in [-0.1, -0.05) is 38.4 Å². The molecule has 4 heterocycles. The van der Waals surface area contributed by atoms with Crippen molar-refractivity contribution in [2.45, 2.75) is 64.3 Å². The molecule has 0 saturated heterocycles. The molecule has 1 aliphatic carbocycles. The Bertz CT molecular complexity index is 1180. The molecule has 4 aliphatic rings. The predicted molar refractivity (Wildman–Crippen MR) is 138 cm³/mol. The number of aromatic nitrogens is 1. The minimum absolute atomic E-state index is 0.0620. The van der Waals surface area contributed by atoms with Gasteiger partial charge in [-0.05, 0) is 61.2 Å². The van der Waals surface area contributed by atoms with Crippen LogP contribution in [-0.4, -0.2) is 41.6 Å². The van der Waals surface area contributed by atoms with E-state index < -0.39 is 0 Å². The SMILES string of the molecule is CC(C)(C)c1ccc(Cl)c(N2C3=C(C=NC(Nc4ccc5c(c4)CNCC5)N3)CN2C2CC2)n1. The lowest BCUT2D eigenvalue weighted by Gasteiger charge is -2.34. The van der Waals surface area contributed by atoms with Crippen LogP contribution in [0.15, 0.2) is 46.7 Å². The number of hydrazine groups is 1. The first-order chi connectivity index (χ1) is 16.4. The summed E-state index contributed by atoms with van der Waals surface area (Å²) in [4.78, 5) is 9.81. The van der Waals surface area contributed by atoms with Crippen molar-refractivity contribution < 1.29 is 0 Å². The van der Waals surface area contributed by atoms with Gasteiger partial charge in [0.25, 0.3) is 0 Å². The van der Waals surface area contributed by atoms with Gasteiger partial charge in [0.1, 0.15) is 5.82 Å². The highest BCUT2D eigenvalue weighted by Crippen LogP contribution is 2.40. The molecule has 1 fully saturated rings. The molecule has 6 rings (SSSR count). The topological polar surface area (TPSA) is 67.8 Å². The van der Waals surface area contributed by atoms with Crippen LogP contribution in [0.3, 0.4) is 0 Å². The number of nitrogens with zero attached hydrogens (tertiary/aromatic N) is 4. The van der Waals surface area contributed by atoms with Crippen molar-refractivity contribution >= 4 is 29.3 Å². The number of nitrogens with one attached hydrogen (secondary N) is 3. The van der Waals surface area contributed by atoms with Crippen LogP contribution < -0.4 is 21.0 Å². The summed E-state index contributed by atoms with van der Waals surface area (Å²) in [7, 11) is 0. The van der Waals surface area contributed by atoms with Crippen molar-refractivity contribution in [3.8, 4) is 0 Å². The quantitative estimate of drug-likeness (QED) is 0.614. The second-order valence-corrected chi connectivity index (χ2v) is 11.1. The lowest BCUT2D eigenvalue weighted by Crippen LogP contribution is -2.47. The van der Waals surface area contributed by atoms with E-state index in [1.54, 1.807) is 0 Å². The molecule has 0 spiro atoms. The van der Waals surface area contributed by atoms with E-state index in [0.717, 1.165) is 49.1 Å². The second kappa shape index (κ2) is 8.26. The number of hydrogen-bond acceptors (Lipinski definition) is 7. The monoisotopic (exact) mass is 477 g/mol. The molecule has 0 radical (unpaired) electrons. The Labute approximate surface area is 206 Å². The molecule has 1 saturated carbocycles. The minimum Gasteiger partial charge on any atom is -0.347 e. The van der Waals surface area contributed by atoms with Crippen LogP contribution >= 0.6 is 11.6 Å². The third kappa shape index (κ3) is 4.06. The number of halogens is 1. The van der Waals surface area contributed by atoms with Crippen LogP contribution in [0.5, 0.6) is 0 Å². The third-order valence-electron chi connectivity index (χ3n) is 6.92. The van der Waals surface area contributed by atoms with Crippen molar-refractivity contribution in [2.24, 2.45) is 4.99 Å². The molecule has 1 unspecified atom stereocenters. The van der Waals surface area contributed by atoms with Crippen molar-refractivity contribution in [3.63, 3.8) is 0 Å². The van der Waals surface area contributed by atoms with Crippen molar-refractivity contribution in [2.75, 3.05) is 23.4 Å². The van der Waals surface area contributed by atoms with Gasteiger partial charge in [-0.15, -0.1) is 0 Å². The fourth-order valence-corrected chi connectivity index (χ4v) is 5.05. The average Bonchev–Trinajstić information content (AvgIpc) is 3.59. The van der Waals surface area contributed by atoms with E-state index in [1.165, 1.54) is 29.5 Å². The first-order valence-corrected chi connectivity index (χ1v) is 12.6. The maximum absolute atomic E-state index is 6.75. The Hall–Kier alpha value is -2.61. The van der Waals surface area contributed by atoms with Gasteiger partial charge in [-0.25, -0.2) is 20.0 Å². The van der Waals surface area contributed by atoms with Gasteiger partial charge >= 0.3 is 0 Å². The number of hydrogen-bond donors (Lipinski definition) is 3. The highest BCUT2D eigenvalue weighted by Gasteiger charge is 2.43. The fraction of sp³-hybridized carbons (Fsp3) is 0.462. The molecule has 2 aromatic rings. The van der Waals surface area contributed by atoms with Crippen LogP contribution in [0.1, 0.15) is 50.4 Å². The molecule has 7 nitrogen and oxygen atoms in total. The number of anilines is 2. The standard InChI is InChI=1S/C26H32ClN7/c1-26(2,3)22-9-8-21(27)24(31-22)34-23-18(15-33(34)20-6-7-20)14-29-25(32-23)30-19-5-4-16-10-11-28-13-17(16)12-19/h4-5,8-9,12,14,20,25,28,30,32H,6-7,10-11,13,15H2,1-3H3. The molecular weight excluding hydrogens is 446 g/mol. The zero-order valence-corrected chi connectivity index (χ0v) is 20.8. The number of aliphatic imine (C=N–C) groups is 1. The minimum atomic E-state index is -0.264. The number of fused-ring (bicyclic) bond motifs is 1. The van der Waals surface area contributed by atoms with E-state index >= 15 is 0 Å². The lowest BCUT2D eigenvalue weighted by molar-refractivity contribution is 0.297. The van der Waals surface area contributed by atoms with Gasteiger partial charge in [0.15, 0.2) is 12.1 Å². The summed E-state index contributed by atoms with van der Waals surface area (Å²) in [6.07, 6.45) is 5.20. The predicted octanol–water partition coefficient (Wildman–Crippen LogP) is 4.16. The molecule has 1 aromatic heterocycles. The summed E-state index contributed by atoms with van der Waals surface area (Å²) in [5.41, 5.74) is 5.98. The van der Waals surface area contributed by atoms with Gasteiger partial charge in [-0.3, -0.25) is 0 Å². The Morgan fingerprint density at radius 1 is 1.12 bits per heavy atom. The number of benzene rings is 1. The summed E-state index contributed by atoms with van der Waals surface area (Å²) >= 11 is 6.75. The summed E-state index contributed by atoms with van der Waals surface area (Å²) in [5.74, 6) is 1.80. The van der Waals surface area contributed by atoms with E-state index in [0.29, 0.717) is 11.1 Å². The molecule has 0 bridgehead atoms. The Morgan fingerprint density at radius 2 is 1.97 bits per heavy atom. The normalized spacial score (nSPS) is 22.5. The Balaban J connectivity index is 1.29. The molecule has 3 N–H and O–H groups in total. The molecule has 3 aliphatic heterocycles. The van der Waals surface area contributed by atoms with Crippen LogP contribution in [0.4, 0.5) is 11.5 Å². The molecule has 178 valence electrons. The van der Waals surface area contributed by atoms with E-state index in [9.17, 15) is 0 Å². The van der Waals surface area contributed by atoms with E-state index in [4.69, 9.17) is 21.6 Å². The maximum atomic E-state index is 6.75. The largest absolute Gasteiger partial charge is 0.347 e. The van der Waals surface area contributed by atoms with Crippen molar-refractivity contribution in [1.82, 2.24) is 20.6 Å². The fourth-order valence-electron chi connectivity index (χ4n) is 4.86. The van der Waals surface area contributed by atoms with Crippen molar-refractivity contribution in [3.05, 3.63) is 63.6 Å². The molecular formula is C26H32ClN7. The van der Waals surface area contributed by atoms with Gasteiger partial charge in [0, 0.05) is 47.7 Å². The van der Waals surface area contributed by atoms with Crippen molar-refractivity contribution in [1.29, 1.82) is 0 Å². The van der Waals surface area contributed by atoms with Crippen LogP contribution in [0.2, 0.25) is 5.02 Å². The van der Waals surface area contributed by atoms with E-state index in [-0.39, 0.29) is 11.7 Å².